The van der Waals surface area contributed by atoms with Gasteiger partial charge in [0.05, 0.1) is 19.1 Å². The number of alkyl carbamates (subject to hydrolysis) is 1. The summed E-state index contributed by atoms with van der Waals surface area (Å²) in [5.74, 6) is 0.513. The molecule has 5 aliphatic rings. The van der Waals surface area contributed by atoms with Crippen molar-refractivity contribution in [3.63, 3.8) is 0 Å². The van der Waals surface area contributed by atoms with E-state index < -0.39 is 16.3 Å². The van der Waals surface area contributed by atoms with Gasteiger partial charge in [0.2, 0.25) is 0 Å². The van der Waals surface area contributed by atoms with Gasteiger partial charge in [-0.3, -0.25) is 4.79 Å². The predicted molar refractivity (Wildman–Crippen MR) is 150 cm³/mol. The molecule has 0 radical (unpaired) electrons. The van der Waals surface area contributed by atoms with Gasteiger partial charge in [0.15, 0.2) is 5.69 Å². The van der Waals surface area contributed by atoms with E-state index >= 15 is 0 Å². The fourth-order valence-electron chi connectivity index (χ4n) is 7.55. The van der Waals surface area contributed by atoms with Crippen molar-refractivity contribution in [3.05, 3.63) is 53.4 Å². The van der Waals surface area contributed by atoms with Crippen LogP contribution in [0.3, 0.4) is 0 Å². The predicted octanol–water partition coefficient (Wildman–Crippen LogP) is 2.68. The molecule has 12 nitrogen and oxygen atoms in total. The van der Waals surface area contributed by atoms with Crippen LogP contribution in [-0.2, 0) is 26.3 Å². The molecule has 0 aliphatic carbocycles. The fourth-order valence-corrected chi connectivity index (χ4v) is 10.0. The molecule has 5 aliphatic heterocycles. The first-order chi connectivity index (χ1) is 20.3. The molecule has 42 heavy (non-hydrogen) atoms. The Balaban J connectivity index is 0.946. The molecule has 4 bridgehead atoms. The van der Waals surface area contributed by atoms with Crippen LogP contribution in [0.15, 0.2) is 40.9 Å². The van der Waals surface area contributed by atoms with Crippen molar-refractivity contribution in [1.29, 1.82) is 0 Å². The number of carbonyl (C=O) groups is 2. The first-order valence-electron chi connectivity index (χ1n) is 15.0. The van der Waals surface area contributed by atoms with E-state index in [-0.39, 0.29) is 60.4 Å². The highest BCUT2D eigenvalue weighted by Gasteiger charge is 2.54. The van der Waals surface area contributed by atoms with Gasteiger partial charge in [0.25, 0.3) is 16.1 Å². The lowest BCUT2D eigenvalue weighted by Gasteiger charge is -2.44. The SMILES string of the molecule is O=C(NC1C[C@H]2CC[C@@H](C1)N2S(=O)(=O)N1[C@@H]2CC[C@H]1CC(NC(=O)c1cc(C3COC3)on1)C2)OCc1ccccc1. The Bertz CT molecular complexity index is 1390. The second-order valence-corrected chi connectivity index (χ2v) is 14.0. The Hall–Kier alpha value is -3.00. The molecule has 13 heteroatoms. The molecule has 2 N–H and O–H groups in total. The number of aromatic nitrogens is 1. The third kappa shape index (κ3) is 5.31. The molecule has 0 saturated carbocycles. The molecule has 226 valence electrons. The first kappa shape index (κ1) is 27.8. The highest BCUT2D eigenvalue weighted by Crippen LogP contribution is 2.44. The van der Waals surface area contributed by atoms with Gasteiger partial charge in [-0.05, 0) is 56.9 Å². The van der Waals surface area contributed by atoms with Gasteiger partial charge in [-0.15, -0.1) is 0 Å². The van der Waals surface area contributed by atoms with Crippen molar-refractivity contribution >= 4 is 22.2 Å². The number of hydrogen-bond acceptors (Lipinski definition) is 8. The zero-order chi connectivity index (χ0) is 28.8. The Morgan fingerprint density at radius 2 is 1.45 bits per heavy atom. The third-order valence-electron chi connectivity index (χ3n) is 9.54. The summed E-state index contributed by atoms with van der Waals surface area (Å²) in [6.45, 7) is 1.34. The lowest BCUT2D eigenvalue weighted by Crippen LogP contribution is -2.60. The maximum absolute atomic E-state index is 14.1. The second kappa shape index (κ2) is 11.3. The number of hydrogen-bond donors (Lipinski definition) is 2. The van der Waals surface area contributed by atoms with Gasteiger partial charge in [0, 0.05) is 42.3 Å². The molecular weight excluding hydrogens is 562 g/mol. The number of nitrogens with one attached hydrogen (secondary N) is 2. The number of ether oxygens (including phenoxy) is 2. The molecule has 2 aromatic rings. The van der Waals surface area contributed by atoms with Crippen molar-refractivity contribution in [2.75, 3.05) is 13.2 Å². The summed E-state index contributed by atoms with van der Waals surface area (Å²) in [4.78, 5) is 25.4. The Morgan fingerprint density at radius 1 is 0.881 bits per heavy atom. The Labute approximate surface area is 245 Å². The lowest BCUT2D eigenvalue weighted by atomic mass is 9.99. The monoisotopic (exact) mass is 599 g/mol. The molecule has 0 spiro atoms. The molecule has 6 heterocycles. The summed E-state index contributed by atoms with van der Waals surface area (Å²) in [7, 11) is -3.69. The van der Waals surface area contributed by atoms with Crippen molar-refractivity contribution < 1.29 is 32.0 Å². The maximum Gasteiger partial charge on any atom is 0.407 e. The largest absolute Gasteiger partial charge is 0.445 e. The minimum absolute atomic E-state index is 0.122. The van der Waals surface area contributed by atoms with Crippen LogP contribution in [0, 0.1) is 0 Å². The topological polar surface area (TPSA) is 143 Å². The van der Waals surface area contributed by atoms with Crippen LogP contribution in [0.2, 0.25) is 0 Å². The molecule has 1 aromatic carbocycles. The first-order valence-corrected chi connectivity index (χ1v) is 16.4. The van der Waals surface area contributed by atoms with Crippen LogP contribution in [0.25, 0.3) is 0 Å². The average Bonchev–Trinajstić information content (AvgIpc) is 3.61. The van der Waals surface area contributed by atoms with Gasteiger partial charge in [-0.1, -0.05) is 35.5 Å². The number of carbonyl (C=O) groups excluding carboxylic acids is 2. The summed E-state index contributed by atoms with van der Waals surface area (Å²) in [6.07, 6.45) is 4.97. The quantitative estimate of drug-likeness (QED) is 0.472. The van der Waals surface area contributed by atoms with Crippen LogP contribution in [-0.4, -0.2) is 83.7 Å². The van der Waals surface area contributed by atoms with Crippen molar-refractivity contribution in [3.8, 4) is 0 Å². The van der Waals surface area contributed by atoms with E-state index in [2.05, 4.69) is 15.8 Å². The molecule has 2 amide bonds. The van der Waals surface area contributed by atoms with E-state index in [0.717, 1.165) is 31.2 Å². The van der Waals surface area contributed by atoms with E-state index in [0.29, 0.717) is 44.7 Å². The number of piperidine rings is 2. The third-order valence-corrected chi connectivity index (χ3v) is 11.8. The number of rotatable bonds is 8. The molecule has 1 aromatic heterocycles. The van der Waals surface area contributed by atoms with Crippen LogP contribution < -0.4 is 10.6 Å². The highest BCUT2D eigenvalue weighted by molar-refractivity contribution is 7.86. The number of fused-ring (bicyclic) bond motifs is 4. The summed E-state index contributed by atoms with van der Waals surface area (Å²) < 4.78 is 47.6. The Kier molecular flexibility index (Phi) is 7.45. The molecule has 5 fully saturated rings. The molecular formula is C29H37N5O7S. The molecule has 5 saturated heterocycles. The standard InChI is InChI=1S/C29H37N5O7S/c35-28(26-14-27(41-32-26)19-16-39-17-19)30-20-10-22-6-7-23(11-20)33(22)42(37,38)34-24-8-9-25(34)13-21(12-24)31-29(36)40-15-18-4-2-1-3-5-18/h1-5,14,19-25H,6-13,15-17H2,(H,30,35)(H,31,36)/t20?,21?,22-,23+,24-,25+. The van der Waals surface area contributed by atoms with Crippen LogP contribution in [0.1, 0.15) is 79.1 Å². The van der Waals surface area contributed by atoms with Gasteiger partial charge in [-0.25, -0.2) is 4.79 Å². The van der Waals surface area contributed by atoms with Crippen LogP contribution in [0.4, 0.5) is 4.79 Å². The fraction of sp³-hybridized carbons (Fsp3) is 0.621. The summed E-state index contributed by atoms with van der Waals surface area (Å²) in [5, 5.41) is 9.97. The Morgan fingerprint density at radius 3 is 2.00 bits per heavy atom. The highest BCUT2D eigenvalue weighted by atomic mass is 32.2. The summed E-state index contributed by atoms with van der Waals surface area (Å²) >= 11 is 0. The molecule has 2 unspecified atom stereocenters. The smallest absolute Gasteiger partial charge is 0.407 e. The van der Waals surface area contributed by atoms with Gasteiger partial charge < -0.3 is 24.6 Å². The normalized spacial score (nSPS) is 31.4. The second-order valence-electron chi connectivity index (χ2n) is 12.3. The van der Waals surface area contributed by atoms with Crippen molar-refractivity contribution in [2.45, 2.75) is 100 Å². The van der Waals surface area contributed by atoms with Crippen molar-refractivity contribution in [2.24, 2.45) is 0 Å². The van der Waals surface area contributed by atoms with Gasteiger partial charge in [0.1, 0.15) is 12.4 Å². The van der Waals surface area contributed by atoms with Gasteiger partial charge in [-0.2, -0.15) is 17.0 Å². The van der Waals surface area contributed by atoms with Crippen LogP contribution >= 0.6 is 0 Å². The van der Waals surface area contributed by atoms with E-state index in [9.17, 15) is 18.0 Å². The van der Waals surface area contributed by atoms with E-state index in [1.54, 1.807) is 14.7 Å². The number of nitrogens with zero attached hydrogens (tertiary/aromatic N) is 3. The van der Waals surface area contributed by atoms with Crippen LogP contribution in [0.5, 0.6) is 0 Å². The van der Waals surface area contributed by atoms with E-state index in [1.165, 1.54) is 0 Å². The number of benzene rings is 1. The van der Waals surface area contributed by atoms with Crippen molar-refractivity contribution in [1.82, 2.24) is 24.4 Å². The number of amides is 2. The zero-order valence-electron chi connectivity index (χ0n) is 23.4. The van der Waals surface area contributed by atoms with Gasteiger partial charge >= 0.3 is 6.09 Å². The minimum Gasteiger partial charge on any atom is -0.445 e. The average molecular weight is 600 g/mol. The maximum atomic E-state index is 14.1. The zero-order valence-corrected chi connectivity index (χ0v) is 24.2. The van der Waals surface area contributed by atoms with E-state index in [4.69, 9.17) is 14.0 Å². The van der Waals surface area contributed by atoms with E-state index in [1.807, 2.05) is 30.3 Å². The summed E-state index contributed by atoms with van der Waals surface area (Å²) in [5.41, 5.74) is 1.16. The minimum atomic E-state index is -3.69. The summed E-state index contributed by atoms with van der Waals surface area (Å²) in [6, 6.07) is 10.3. The molecule has 6 atom stereocenters. The molecule has 7 rings (SSSR count). The lowest BCUT2D eigenvalue weighted by molar-refractivity contribution is -0.00228.